The molecule has 162 valence electrons. The van der Waals surface area contributed by atoms with Gasteiger partial charge in [0.05, 0.1) is 6.10 Å². The number of aliphatic hydroxyl groups is 1. The molecule has 0 saturated heterocycles. The van der Waals surface area contributed by atoms with Crippen LogP contribution in [0.3, 0.4) is 0 Å². The monoisotopic (exact) mass is 388 g/mol. The summed E-state index contributed by atoms with van der Waals surface area (Å²) in [4.78, 5) is 0. The molecule has 4 aliphatic carbocycles. The third-order valence-electron chi connectivity index (χ3n) is 10.8. The smallest absolute Gasteiger partial charge is 0.0576 e. The SMILES string of the molecule is CC(C)CCC[C@@H](C)[C@@H]1CC[C@@H]2[C@@H]3C[C@H](O)[C@H]4CCCC[C@]4(C)[C@H]3CC[C@@]21C. The third-order valence-corrected chi connectivity index (χ3v) is 10.8. The summed E-state index contributed by atoms with van der Waals surface area (Å²) in [6.07, 6.45) is 16.6. The van der Waals surface area contributed by atoms with Gasteiger partial charge in [-0.1, -0.05) is 66.7 Å². The summed E-state index contributed by atoms with van der Waals surface area (Å²) in [7, 11) is 0. The largest absolute Gasteiger partial charge is 0.393 e. The van der Waals surface area contributed by atoms with Crippen LogP contribution in [-0.4, -0.2) is 11.2 Å². The molecule has 0 heterocycles. The molecule has 0 aliphatic heterocycles. The van der Waals surface area contributed by atoms with Crippen LogP contribution in [0.15, 0.2) is 0 Å². The number of hydrogen-bond donors (Lipinski definition) is 1. The van der Waals surface area contributed by atoms with Gasteiger partial charge in [0.1, 0.15) is 0 Å². The lowest BCUT2D eigenvalue weighted by Gasteiger charge is -2.62. The van der Waals surface area contributed by atoms with Crippen LogP contribution in [0.2, 0.25) is 0 Å². The Bertz CT molecular complexity index is 540. The van der Waals surface area contributed by atoms with Crippen LogP contribution in [0, 0.1) is 52.3 Å². The van der Waals surface area contributed by atoms with Gasteiger partial charge in [-0.05, 0) is 97.2 Å². The first-order valence-electron chi connectivity index (χ1n) is 13.0. The van der Waals surface area contributed by atoms with E-state index in [1.165, 1.54) is 70.6 Å². The third kappa shape index (κ3) is 3.40. The van der Waals surface area contributed by atoms with Gasteiger partial charge in [-0.3, -0.25) is 0 Å². The van der Waals surface area contributed by atoms with Gasteiger partial charge in [0.25, 0.3) is 0 Å². The van der Waals surface area contributed by atoms with Crippen molar-refractivity contribution in [1.29, 1.82) is 0 Å². The fourth-order valence-electron chi connectivity index (χ4n) is 9.38. The summed E-state index contributed by atoms with van der Waals surface area (Å²) in [6, 6.07) is 0. The van der Waals surface area contributed by atoms with E-state index in [9.17, 15) is 5.11 Å². The van der Waals surface area contributed by atoms with E-state index in [0.29, 0.717) is 16.7 Å². The van der Waals surface area contributed by atoms with E-state index in [1.54, 1.807) is 0 Å². The maximum atomic E-state index is 11.2. The molecular weight excluding hydrogens is 340 g/mol. The fraction of sp³-hybridized carbons (Fsp3) is 1.00. The molecule has 28 heavy (non-hydrogen) atoms. The Kier molecular flexibility index (Phi) is 5.98. The van der Waals surface area contributed by atoms with Crippen LogP contribution < -0.4 is 0 Å². The van der Waals surface area contributed by atoms with Gasteiger partial charge in [-0.2, -0.15) is 0 Å². The van der Waals surface area contributed by atoms with Crippen LogP contribution in [0.1, 0.15) is 112 Å². The quantitative estimate of drug-likeness (QED) is 0.518. The lowest BCUT2D eigenvalue weighted by molar-refractivity contribution is -0.159. The van der Waals surface area contributed by atoms with E-state index in [-0.39, 0.29) is 6.10 Å². The first-order valence-corrected chi connectivity index (χ1v) is 13.0. The standard InChI is InChI=1S/C27H48O/c1-18(2)9-8-10-19(3)21-12-13-22-20-17-25(28)24-11-6-7-15-26(24,4)23(20)14-16-27(21,22)5/h18-25,28H,6-17H2,1-5H3/t19-,20+,21+,22-,23+,24-,25+,26-,27-/m1/s1. The molecular formula is C27H48O. The van der Waals surface area contributed by atoms with Crippen LogP contribution in [0.5, 0.6) is 0 Å². The molecule has 0 unspecified atom stereocenters. The van der Waals surface area contributed by atoms with Crippen molar-refractivity contribution in [2.75, 3.05) is 0 Å². The van der Waals surface area contributed by atoms with Crippen LogP contribution in [0.4, 0.5) is 0 Å². The molecule has 0 spiro atoms. The molecule has 4 aliphatic rings. The number of rotatable bonds is 5. The van der Waals surface area contributed by atoms with E-state index in [2.05, 4.69) is 34.6 Å². The second-order valence-corrected chi connectivity index (χ2v) is 12.6. The van der Waals surface area contributed by atoms with Gasteiger partial charge in [0, 0.05) is 0 Å². The molecule has 0 amide bonds. The Hall–Kier alpha value is -0.0400. The summed E-state index contributed by atoms with van der Waals surface area (Å²) in [5.74, 6) is 5.85. The Morgan fingerprint density at radius 3 is 2.32 bits per heavy atom. The molecule has 0 aromatic heterocycles. The summed E-state index contributed by atoms with van der Waals surface area (Å²) in [6.45, 7) is 12.6. The van der Waals surface area contributed by atoms with Crippen molar-refractivity contribution in [3.63, 3.8) is 0 Å². The molecule has 4 fully saturated rings. The topological polar surface area (TPSA) is 20.2 Å². The lowest BCUT2D eigenvalue weighted by atomic mass is 9.44. The molecule has 0 aromatic carbocycles. The van der Waals surface area contributed by atoms with E-state index in [4.69, 9.17) is 0 Å². The molecule has 1 heteroatoms. The molecule has 0 aromatic rings. The minimum atomic E-state index is -0.0172. The molecule has 1 N–H and O–H groups in total. The Morgan fingerprint density at radius 2 is 1.57 bits per heavy atom. The highest BCUT2D eigenvalue weighted by Gasteiger charge is 2.61. The summed E-state index contributed by atoms with van der Waals surface area (Å²) >= 11 is 0. The van der Waals surface area contributed by atoms with Crippen molar-refractivity contribution < 1.29 is 5.11 Å². The van der Waals surface area contributed by atoms with Gasteiger partial charge >= 0.3 is 0 Å². The summed E-state index contributed by atoms with van der Waals surface area (Å²) in [5.41, 5.74) is 0.985. The van der Waals surface area contributed by atoms with Crippen molar-refractivity contribution in [2.45, 2.75) is 118 Å². The highest BCUT2D eigenvalue weighted by atomic mass is 16.3. The Balaban J connectivity index is 1.49. The van der Waals surface area contributed by atoms with Crippen LogP contribution in [-0.2, 0) is 0 Å². The molecule has 1 nitrogen and oxygen atoms in total. The Morgan fingerprint density at radius 1 is 0.821 bits per heavy atom. The second-order valence-electron chi connectivity index (χ2n) is 12.6. The average molecular weight is 389 g/mol. The van der Waals surface area contributed by atoms with E-state index < -0.39 is 0 Å². The molecule has 0 bridgehead atoms. The van der Waals surface area contributed by atoms with Crippen LogP contribution >= 0.6 is 0 Å². The van der Waals surface area contributed by atoms with Crippen molar-refractivity contribution >= 4 is 0 Å². The second kappa shape index (κ2) is 7.90. The fourth-order valence-corrected chi connectivity index (χ4v) is 9.38. The predicted molar refractivity (Wildman–Crippen MR) is 119 cm³/mol. The molecule has 9 atom stereocenters. The van der Waals surface area contributed by atoms with E-state index in [1.807, 2.05) is 0 Å². The highest BCUT2D eigenvalue weighted by molar-refractivity contribution is 5.10. The average Bonchev–Trinajstić information content (AvgIpc) is 2.99. The normalized spacial score (nSPS) is 49.4. The van der Waals surface area contributed by atoms with Crippen molar-refractivity contribution in [3.8, 4) is 0 Å². The Labute approximate surface area is 175 Å². The zero-order valence-corrected chi connectivity index (χ0v) is 19.6. The first kappa shape index (κ1) is 21.2. The number of fused-ring (bicyclic) bond motifs is 5. The highest BCUT2D eigenvalue weighted by Crippen LogP contribution is 2.68. The van der Waals surface area contributed by atoms with Crippen LogP contribution in [0.25, 0.3) is 0 Å². The van der Waals surface area contributed by atoms with Gasteiger partial charge in [0.15, 0.2) is 0 Å². The predicted octanol–water partition coefficient (Wildman–Crippen LogP) is 7.47. The number of hydrogen-bond acceptors (Lipinski definition) is 1. The summed E-state index contributed by atoms with van der Waals surface area (Å²) < 4.78 is 0. The van der Waals surface area contributed by atoms with Gasteiger partial charge < -0.3 is 5.11 Å². The van der Waals surface area contributed by atoms with Gasteiger partial charge in [-0.25, -0.2) is 0 Å². The molecule has 4 saturated carbocycles. The van der Waals surface area contributed by atoms with E-state index >= 15 is 0 Å². The van der Waals surface area contributed by atoms with Crippen molar-refractivity contribution in [1.82, 2.24) is 0 Å². The van der Waals surface area contributed by atoms with E-state index in [0.717, 1.165) is 41.9 Å². The minimum absolute atomic E-state index is 0.0172. The van der Waals surface area contributed by atoms with Gasteiger partial charge in [-0.15, -0.1) is 0 Å². The lowest BCUT2D eigenvalue weighted by Crippen LogP contribution is -2.57. The van der Waals surface area contributed by atoms with Crippen molar-refractivity contribution in [3.05, 3.63) is 0 Å². The summed E-state index contributed by atoms with van der Waals surface area (Å²) in [5, 5.41) is 11.2. The molecule has 4 rings (SSSR count). The van der Waals surface area contributed by atoms with Crippen molar-refractivity contribution in [2.24, 2.45) is 52.3 Å². The zero-order valence-electron chi connectivity index (χ0n) is 19.6. The van der Waals surface area contributed by atoms with Gasteiger partial charge in [0.2, 0.25) is 0 Å². The zero-order chi connectivity index (χ0) is 20.1. The minimum Gasteiger partial charge on any atom is -0.393 e. The maximum Gasteiger partial charge on any atom is 0.0576 e. The number of aliphatic hydroxyl groups excluding tert-OH is 1. The first-order chi connectivity index (χ1) is 13.3. The maximum absolute atomic E-state index is 11.2. The molecule has 0 radical (unpaired) electrons.